The Balaban J connectivity index is 1.32. The summed E-state index contributed by atoms with van der Waals surface area (Å²) in [7, 11) is 4.50. The van der Waals surface area contributed by atoms with Crippen LogP contribution in [0.3, 0.4) is 0 Å². The number of fused-ring (bicyclic) bond motifs is 2. The molecule has 0 bridgehead atoms. The first-order valence-electron chi connectivity index (χ1n) is 11.0. The molecule has 0 saturated carbocycles. The predicted octanol–water partition coefficient (Wildman–Crippen LogP) is 4.78. The minimum absolute atomic E-state index is 0.259. The molecule has 1 amide bonds. The number of amides is 1. The lowest BCUT2D eigenvalue weighted by Crippen LogP contribution is -2.12. The third-order valence-corrected chi connectivity index (χ3v) is 7.62. The van der Waals surface area contributed by atoms with Gasteiger partial charge in [0.05, 0.1) is 37.2 Å². The summed E-state index contributed by atoms with van der Waals surface area (Å²) in [6.45, 7) is 1.77. The van der Waals surface area contributed by atoms with Crippen molar-refractivity contribution in [2.75, 3.05) is 26.6 Å². The number of hydrogen-bond acceptors (Lipinski definition) is 10. The standard InChI is InChI=1S/C25H22N4O6S2/c1-13-7-21-26-16(11-22(30)29(21)35-13)12-36-25-28-17-6-5-15(10-20(17)37-25)27-24(31)14-8-18(32-2)23(34-4)19(9-14)33-3/h5-11H,12H2,1-4H3,(H,27,31). The first-order chi connectivity index (χ1) is 17.9. The molecule has 190 valence electrons. The first kappa shape index (κ1) is 24.7. The van der Waals surface area contributed by atoms with Crippen LogP contribution in [0, 0.1) is 6.92 Å². The molecule has 0 aliphatic rings. The van der Waals surface area contributed by atoms with Gasteiger partial charge in [-0.2, -0.15) is 0 Å². The van der Waals surface area contributed by atoms with Crippen LogP contribution in [0.15, 0.2) is 56.1 Å². The third-order valence-electron chi connectivity index (χ3n) is 5.42. The summed E-state index contributed by atoms with van der Waals surface area (Å²) in [5, 5.41) is 2.91. The van der Waals surface area contributed by atoms with Crippen LogP contribution in [0.1, 0.15) is 21.8 Å². The van der Waals surface area contributed by atoms with Crippen LogP contribution in [0.5, 0.6) is 17.2 Å². The van der Waals surface area contributed by atoms with Crippen LogP contribution in [-0.4, -0.2) is 41.8 Å². The predicted molar refractivity (Wildman–Crippen MR) is 142 cm³/mol. The lowest BCUT2D eigenvalue weighted by molar-refractivity contribution is 0.102. The molecule has 12 heteroatoms. The van der Waals surface area contributed by atoms with Crippen molar-refractivity contribution in [1.82, 2.24) is 14.5 Å². The van der Waals surface area contributed by atoms with Gasteiger partial charge in [-0.05, 0) is 37.3 Å². The molecule has 0 unspecified atom stereocenters. The van der Waals surface area contributed by atoms with Crippen molar-refractivity contribution in [3.63, 3.8) is 0 Å². The number of nitrogens with zero attached hydrogens (tertiary/aromatic N) is 3. The minimum Gasteiger partial charge on any atom is -0.493 e. The Labute approximate surface area is 219 Å². The van der Waals surface area contributed by atoms with Crippen LogP contribution in [-0.2, 0) is 5.75 Å². The molecule has 0 saturated heterocycles. The number of nitrogens with one attached hydrogen (secondary N) is 1. The maximum atomic E-state index is 13.0. The summed E-state index contributed by atoms with van der Waals surface area (Å²) >= 11 is 2.99. The number of aromatic nitrogens is 3. The van der Waals surface area contributed by atoms with E-state index in [-0.39, 0.29) is 11.5 Å². The van der Waals surface area contributed by atoms with Crippen LogP contribution in [0.2, 0.25) is 0 Å². The second-order valence-corrected chi connectivity index (χ2v) is 10.2. The van der Waals surface area contributed by atoms with Gasteiger partial charge >= 0.3 is 0 Å². The molecule has 5 aromatic rings. The van der Waals surface area contributed by atoms with E-state index in [0.29, 0.717) is 51.4 Å². The highest BCUT2D eigenvalue weighted by atomic mass is 32.2. The molecule has 37 heavy (non-hydrogen) atoms. The summed E-state index contributed by atoms with van der Waals surface area (Å²) in [6.07, 6.45) is 0. The van der Waals surface area contributed by atoms with Crippen molar-refractivity contribution >= 4 is 50.6 Å². The van der Waals surface area contributed by atoms with Gasteiger partial charge in [-0.1, -0.05) is 11.8 Å². The monoisotopic (exact) mass is 538 g/mol. The van der Waals surface area contributed by atoms with Gasteiger partial charge in [0.2, 0.25) is 5.75 Å². The van der Waals surface area contributed by atoms with E-state index in [4.69, 9.17) is 18.7 Å². The van der Waals surface area contributed by atoms with Crippen molar-refractivity contribution in [2.45, 2.75) is 17.0 Å². The topological polar surface area (TPSA) is 117 Å². The summed E-state index contributed by atoms with van der Waals surface area (Å²) in [5.41, 5.74) is 2.67. The van der Waals surface area contributed by atoms with Gasteiger partial charge in [0.15, 0.2) is 21.5 Å². The molecule has 3 aromatic heterocycles. The number of anilines is 1. The molecular weight excluding hydrogens is 516 g/mol. The molecule has 3 heterocycles. The fourth-order valence-corrected chi connectivity index (χ4v) is 5.74. The molecule has 0 atom stereocenters. The number of carbonyl (C=O) groups excluding carboxylic acids is 1. The highest BCUT2D eigenvalue weighted by molar-refractivity contribution is 8.00. The van der Waals surface area contributed by atoms with Gasteiger partial charge < -0.3 is 24.1 Å². The zero-order valence-electron chi connectivity index (χ0n) is 20.4. The molecule has 0 radical (unpaired) electrons. The van der Waals surface area contributed by atoms with Crippen molar-refractivity contribution < 1.29 is 23.5 Å². The van der Waals surface area contributed by atoms with Crippen molar-refractivity contribution in [2.24, 2.45) is 0 Å². The van der Waals surface area contributed by atoms with Gasteiger partial charge in [-0.3, -0.25) is 9.59 Å². The Kier molecular flexibility index (Phi) is 6.76. The molecule has 0 aliphatic heterocycles. The van der Waals surface area contributed by atoms with Crippen LogP contribution < -0.4 is 25.1 Å². The van der Waals surface area contributed by atoms with Gasteiger partial charge in [-0.25, -0.2) is 9.97 Å². The molecule has 0 aliphatic carbocycles. The Bertz CT molecular complexity index is 1670. The summed E-state index contributed by atoms with van der Waals surface area (Å²) < 4.78 is 24.3. The number of hydrogen-bond donors (Lipinski definition) is 1. The Morgan fingerprint density at radius 2 is 1.81 bits per heavy atom. The molecule has 10 nitrogen and oxygen atoms in total. The lowest BCUT2D eigenvalue weighted by atomic mass is 10.1. The van der Waals surface area contributed by atoms with Gasteiger partial charge in [-0.15, -0.1) is 15.9 Å². The van der Waals surface area contributed by atoms with E-state index in [0.717, 1.165) is 14.6 Å². The number of carbonyl (C=O) groups is 1. The van der Waals surface area contributed by atoms with E-state index < -0.39 is 0 Å². The second kappa shape index (κ2) is 10.1. The number of ether oxygens (including phenoxy) is 3. The number of thioether (sulfide) groups is 1. The van der Waals surface area contributed by atoms with E-state index in [1.165, 1.54) is 55.1 Å². The van der Waals surface area contributed by atoms with Crippen molar-refractivity contribution in [3.8, 4) is 17.2 Å². The van der Waals surface area contributed by atoms with E-state index >= 15 is 0 Å². The maximum Gasteiger partial charge on any atom is 0.287 e. The highest BCUT2D eigenvalue weighted by Crippen LogP contribution is 2.38. The Hall–Kier alpha value is -4.03. The lowest BCUT2D eigenvalue weighted by Gasteiger charge is -2.14. The van der Waals surface area contributed by atoms with E-state index in [1.54, 1.807) is 31.2 Å². The maximum absolute atomic E-state index is 13.0. The highest BCUT2D eigenvalue weighted by Gasteiger charge is 2.17. The second-order valence-electron chi connectivity index (χ2n) is 7.90. The smallest absolute Gasteiger partial charge is 0.287 e. The quantitative estimate of drug-likeness (QED) is 0.279. The average molecular weight is 539 g/mol. The Morgan fingerprint density at radius 3 is 2.51 bits per heavy atom. The molecule has 0 fully saturated rings. The number of rotatable bonds is 8. The van der Waals surface area contributed by atoms with Gasteiger partial charge in [0.25, 0.3) is 11.5 Å². The normalized spacial score (nSPS) is 11.1. The van der Waals surface area contributed by atoms with Gasteiger partial charge in [0.1, 0.15) is 5.76 Å². The van der Waals surface area contributed by atoms with Crippen molar-refractivity contribution in [3.05, 3.63) is 69.8 Å². The third kappa shape index (κ3) is 4.98. The summed E-state index contributed by atoms with van der Waals surface area (Å²) in [5.74, 6) is 1.99. The Morgan fingerprint density at radius 1 is 1.05 bits per heavy atom. The molecule has 5 rings (SSSR count). The fourth-order valence-electron chi connectivity index (χ4n) is 3.74. The largest absolute Gasteiger partial charge is 0.493 e. The summed E-state index contributed by atoms with van der Waals surface area (Å²) in [6, 6.07) is 11.9. The zero-order chi connectivity index (χ0) is 26.1. The minimum atomic E-state index is -0.319. The average Bonchev–Trinajstić information content (AvgIpc) is 3.48. The first-order valence-corrected chi connectivity index (χ1v) is 12.8. The van der Waals surface area contributed by atoms with Crippen LogP contribution >= 0.6 is 23.1 Å². The van der Waals surface area contributed by atoms with E-state index in [9.17, 15) is 9.59 Å². The zero-order valence-corrected chi connectivity index (χ0v) is 22.0. The number of aryl methyl sites for hydroxylation is 1. The SMILES string of the molecule is COc1cc(C(=O)Nc2ccc3nc(SCc4cc(=O)n5oc(C)cc5n4)sc3c2)cc(OC)c1OC. The fraction of sp³-hybridized carbons (Fsp3) is 0.200. The molecular formula is C25H22N4O6S2. The van der Waals surface area contributed by atoms with Crippen molar-refractivity contribution in [1.29, 1.82) is 0 Å². The number of methoxy groups -OCH3 is 3. The van der Waals surface area contributed by atoms with E-state index in [1.807, 2.05) is 12.1 Å². The summed E-state index contributed by atoms with van der Waals surface area (Å²) in [4.78, 5) is 34.3. The molecule has 0 spiro atoms. The number of benzene rings is 2. The van der Waals surface area contributed by atoms with Crippen LogP contribution in [0.4, 0.5) is 5.69 Å². The molecule has 1 N–H and O–H groups in total. The van der Waals surface area contributed by atoms with Gasteiger partial charge in [0, 0.05) is 29.1 Å². The number of thiazole rings is 1. The molecule has 2 aromatic carbocycles. The van der Waals surface area contributed by atoms with Crippen LogP contribution in [0.25, 0.3) is 15.9 Å². The van der Waals surface area contributed by atoms with E-state index in [2.05, 4.69) is 15.3 Å².